The lowest BCUT2D eigenvalue weighted by atomic mass is 10.2. The van der Waals surface area contributed by atoms with Gasteiger partial charge in [0.15, 0.2) is 0 Å². The average molecular weight is 243 g/mol. The Morgan fingerprint density at radius 3 is 2.65 bits per heavy atom. The number of hydrogen-bond acceptors (Lipinski definition) is 3. The fourth-order valence-electron chi connectivity index (χ4n) is 1.42. The van der Waals surface area contributed by atoms with Gasteiger partial charge in [0.2, 0.25) is 0 Å². The molecule has 0 saturated carbocycles. The highest BCUT2D eigenvalue weighted by Crippen LogP contribution is 2.28. The molecule has 2 aromatic heterocycles. The number of alkyl halides is 3. The van der Waals surface area contributed by atoms with Crippen LogP contribution < -0.4 is 11.3 Å². The predicted molar refractivity (Wildman–Crippen MR) is 54.4 cm³/mol. The lowest BCUT2D eigenvalue weighted by Crippen LogP contribution is -2.22. The second-order valence-electron chi connectivity index (χ2n) is 3.44. The fourth-order valence-corrected chi connectivity index (χ4v) is 1.42. The molecular formula is C10H8F3N3O. The van der Waals surface area contributed by atoms with E-state index in [1.807, 2.05) is 0 Å². The van der Waals surface area contributed by atoms with Crippen LogP contribution in [0.2, 0.25) is 0 Å². The molecule has 0 aliphatic heterocycles. The Hall–Kier alpha value is -1.89. The summed E-state index contributed by atoms with van der Waals surface area (Å²) in [6.07, 6.45) is -2.50. The van der Waals surface area contributed by atoms with Crippen molar-refractivity contribution >= 4 is 5.65 Å². The second kappa shape index (κ2) is 3.85. The molecule has 0 aliphatic carbocycles. The lowest BCUT2D eigenvalue weighted by Gasteiger charge is -2.08. The molecule has 2 aromatic rings. The van der Waals surface area contributed by atoms with E-state index >= 15 is 0 Å². The molecule has 0 saturated heterocycles. The van der Waals surface area contributed by atoms with Crippen molar-refractivity contribution in [1.82, 2.24) is 9.38 Å². The smallest absolute Gasteiger partial charge is 0.326 e. The van der Waals surface area contributed by atoms with Gasteiger partial charge >= 0.3 is 6.18 Å². The van der Waals surface area contributed by atoms with Crippen LogP contribution in [0.4, 0.5) is 13.2 Å². The highest BCUT2D eigenvalue weighted by Gasteiger charge is 2.30. The molecule has 90 valence electrons. The van der Waals surface area contributed by atoms with Crippen molar-refractivity contribution in [3.8, 4) is 0 Å². The molecular weight excluding hydrogens is 235 g/mol. The summed E-state index contributed by atoms with van der Waals surface area (Å²) < 4.78 is 38.3. The molecule has 0 atom stereocenters. The van der Waals surface area contributed by atoms with E-state index < -0.39 is 17.3 Å². The number of hydrogen-bond donors (Lipinski definition) is 1. The molecule has 0 unspecified atom stereocenters. The van der Waals surface area contributed by atoms with E-state index in [1.165, 1.54) is 6.20 Å². The molecule has 0 bridgehead atoms. The van der Waals surface area contributed by atoms with E-state index in [2.05, 4.69) is 4.98 Å². The minimum absolute atomic E-state index is 0.0645. The number of nitrogens with zero attached hydrogens (tertiary/aromatic N) is 2. The van der Waals surface area contributed by atoms with Gasteiger partial charge in [-0.15, -0.1) is 0 Å². The number of pyridine rings is 1. The summed E-state index contributed by atoms with van der Waals surface area (Å²) in [6, 6.07) is 2.02. The number of rotatable bonds is 1. The first-order chi connectivity index (χ1) is 7.93. The molecule has 2 N–H and O–H groups in total. The molecule has 0 fully saturated rings. The maximum Gasteiger partial charge on any atom is 0.417 e. The van der Waals surface area contributed by atoms with Gasteiger partial charge in [0.25, 0.3) is 5.56 Å². The standard InChI is InChI=1S/C10H8F3N3O/c11-10(12,13)7-1-2-8-15-4-6(3-14)9(17)16(8)5-7/h1-2,4-5H,3,14H2. The highest BCUT2D eigenvalue weighted by atomic mass is 19.4. The summed E-state index contributed by atoms with van der Waals surface area (Å²) in [5.41, 5.74) is 4.13. The van der Waals surface area contributed by atoms with Gasteiger partial charge in [0.05, 0.1) is 5.56 Å². The Morgan fingerprint density at radius 1 is 1.35 bits per heavy atom. The van der Waals surface area contributed by atoms with Gasteiger partial charge in [0, 0.05) is 24.5 Å². The molecule has 0 radical (unpaired) electrons. The third-order valence-electron chi connectivity index (χ3n) is 2.32. The van der Waals surface area contributed by atoms with Crippen LogP contribution >= 0.6 is 0 Å². The Bertz CT molecular complexity index is 618. The van der Waals surface area contributed by atoms with Crippen LogP contribution in [-0.4, -0.2) is 9.38 Å². The van der Waals surface area contributed by atoms with Crippen molar-refractivity contribution in [2.24, 2.45) is 5.73 Å². The van der Waals surface area contributed by atoms with Crippen molar-refractivity contribution in [2.45, 2.75) is 12.7 Å². The van der Waals surface area contributed by atoms with Crippen LogP contribution in [0.15, 0.2) is 29.3 Å². The zero-order valence-corrected chi connectivity index (χ0v) is 8.53. The summed E-state index contributed by atoms with van der Waals surface area (Å²) in [6.45, 7) is -0.0645. The van der Waals surface area contributed by atoms with Crippen LogP contribution in [0.3, 0.4) is 0 Å². The molecule has 2 heterocycles. The number of fused-ring (bicyclic) bond motifs is 1. The van der Waals surface area contributed by atoms with E-state index in [0.29, 0.717) is 0 Å². The Labute approximate surface area is 93.5 Å². The lowest BCUT2D eigenvalue weighted by molar-refractivity contribution is -0.137. The molecule has 2 rings (SSSR count). The Morgan fingerprint density at radius 2 is 2.06 bits per heavy atom. The molecule has 0 spiro atoms. The first kappa shape index (κ1) is 11.6. The average Bonchev–Trinajstić information content (AvgIpc) is 2.28. The minimum atomic E-state index is -4.49. The van der Waals surface area contributed by atoms with E-state index in [1.54, 1.807) is 0 Å². The van der Waals surface area contributed by atoms with Crippen molar-refractivity contribution in [2.75, 3.05) is 0 Å². The third-order valence-corrected chi connectivity index (χ3v) is 2.32. The van der Waals surface area contributed by atoms with Crippen LogP contribution in [0.5, 0.6) is 0 Å². The first-order valence-corrected chi connectivity index (χ1v) is 4.71. The Balaban J connectivity index is 2.75. The van der Waals surface area contributed by atoms with E-state index in [0.717, 1.165) is 22.7 Å². The van der Waals surface area contributed by atoms with Gasteiger partial charge in [-0.05, 0) is 12.1 Å². The van der Waals surface area contributed by atoms with Crippen molar-refractivity contribution in [1.29, 1.82) is 0 Å². The zero-order valence-electron chi connectivity index (χ0n) is 8.53. The monoisotopic (exact) mass is 243 g/mol. The summed E-state index contributed by atoms with van der Waals surface area (Å²) in [4.78, 5) is 15.6. The van der Waals surface area contributed by atoms with Crippen LogP contribution in [0.1, 0.15) is 11.1 Å². The quantitative estimate of drug-likeness (QED) is 0.817. The molecule has 0 aromatic carbocycles. The van der Waals surface area contributed by atoms with Gasteiger partial charge < -0.3 is 5.73 Å². The number of halogens is 3. The third kappa shape index (κ3) is 2.01. The SMILES string of the molecule is NCc1cnc2ccc(C(F)(F)F)cn2c1=O. The maximum absolute atomic E-state index is 12.5. The van der Waals surface area contributed by atoms with E-state index in [4.69, 9.17) is 5.73 Å². The van der Waals surface area contributed by atoms with Gasteiger partial charge in [-0.3, -0.25) is 9.20 Å². The summed E-state index contributed by atoms with van der Waals surface area (Å²) in [5.74, 6) is 0. The predicted octanol–water partition coefficient (Wildman–Crippen LogP) is 1.17. The van der Waals surface area contributed by atoms with Crippen molar-refractivity contribution in [3.63, 3.8) is 0 Å². The number of nitrogens with two attached hydrogens (primary N) is 1. The minimum Gasteiger partial charge on any atom is -0.326 e. The van der Waals surface area contributed by atoms with Gasteiger partial charge in [0.1, 0.15) is 5.65 Å². The summed E-state index contributed by atoms with van der Waals surface area (Å²) >= 11 is 0. The highest BCUT2D eigenvalue weighted by molar-refractivity contribution is 5.40. The van der Waals surface area contributed by atoms with Gasteiger partial charge in [-0.2, -0.15) is 13.2 Å². The van der Waals surface area contributed by atoms with E-state index in [-0.39, 0.29) is 17.8 Å². The summed E-state index contributed by atoms with van der Waals surface area (Å²) in [5, 5.41) is 0. The molecule has 0 aliphatic rings. The number of aromatic nitrogens is 2. The maximum atomic E-state index is 12.5. The molecule has 4 nitrogen and oxygen atoms in total. The van der Waals surface area contributed by atoms with Crippen molar-refractivity contribution < 1.29 is 13.2 Å². The van der Waals surface area contributed by atoms with Crippen LogP contribution in [-0.2, 0) is 12.7 Å². The first-order valence-electron chi connectivity index (χ1n) is 4.71. The molecule has 7 heteroatoms. The van der Waals surface area contributed by atoms with Crippen molar-refractivity contribution in [3.05, 3.63) is 46.0 Å². The van der Waals surface area contributed by atoms with Crippen LogP contribution in [0, 0.1) is 0 Å². The van der Waals surface area contributed by atoms with E-state index in [9.17, 15) is 18.0 Å². The van der Waals surface area contributed by atoms with Gasteiger partial charge in [-0.1, -0.05) is 0 Å². The van der Waals surface area contributed by atoms with Gasteiger partial charge in [-0.25, -0.2) is 4.98 Å². The zero-order chi connectivity index (χ0) is 12.6. The van der Waals surface area contributed by atoms with Crippen LogP contribution in [0.25, 0.3) is 5.65 Å². The summed E-state index contributed by atoms with van der Waals surface area (Å²) in [7, 11) is 0. The Kier molecular flexibility index (Phi) is 2.62. The largest absolute Gasteiger partial charge is 0.417 e. The molecule has 0 amide bonds. The second-order valence-corrected chi connectivity index (χ2v) is 3.44. The molecule has 17 heavy (non-hydrogen) atoms. The fraction of sp³-hybridized carbons (Fsp3) is 0.200. The topological polar surface area (TPSA) is 60.4 Å². The normalized spacial score (nSPS) is 12.0.